The molecule has 0 spiro atoms. The molecule has 0 radical (unpaired) electrons. The first-order valence-electron chi connectivity index (χ1n) is 1.22. The Kier molecular flexibility index (Phi) is 15.4. The van der Waals surface area contributed by atoms with Gasteiger partial charge in [0.25, 0.3) is 0 Å². The number of hydrogen-bond donors (Lipinski definition) is 1. The molecule has 0 aliphatic rings. The summed E-state index contributed by atoms with van der Waals surface area (Å²) in [6, 6.07) is 0. The second kappa shape index (κ2) is 9.28. The normalized spacial score (nSPS) is 4.67. The average molecular weight is 111 g/mol. The van der Waals surface area contributed by atoms with Crippen LogP contribution in [0.15, 0.2) is 12.8 Å². The van der Waals surface area contributed by atoms with E-state index in [4.69, 9.17) is 0 Å². The van der Waals surface area contributed by atoms with Crippen molar-refractivity contribution in [2.45, 2.75) is 0 Å². The first kappa shape index (κ1) is 9.96. The van der Waals surface area contributed by atoms with Gasteiger partial charge in [0.2, 0.25) is 6.41 Å². The molecule has 0 aromatic heterocycles. The number of carbonyl (C=O) groups excluding carboxylic acids is 1. The summed E-state index contributed by atoms with van der Waals surface area (Å²) in [5.74, 6) is 0. The maximum absolute atomic E-state index is 9.22. The molecule has 1 amide bonds. The number of carbonyl (C=O) groups is 1. The summed E-state index contributed by atoms with van der Waals surface area (Å²) in [6.07, 6.45) is 1.88. The summed E-state index contributed by atoms with van der Waals surface area (Å²) in [6.45, 7) is 3.21. The predicted molar refractivity (Wildman–Crippen MR) is 26.5 cm³/mol. The molecule has 0 saturated carbocycles. The fourth-order valence-electron chi connectivity index (χ4n) is 0.0481. The molecule has 0 aromatic carbocycles. The second-order valence-electron chi connectivity index (χ2n) is 0.489. The molecule has 30 valence electrons. The molecular formula is C3H6KNO. The van der Waals surface area contributed by atoms with E-state index in [9.17, 15) is 4.79 Å². The Hall–Kier alpha value is 0.846. The Morgan fingerprint density at radius 3 is 2.17 bits per heavy atom. The molecule has 0 bridgehead atoms. The van der Waals surface area contributed by atoms with E-state index in [1.54, 1.807) is 0 Å². The third kappa shape index (κ3) is 8.85. The van der Waals surface area contributed by atoms with Crippen LogP contribution >= 0.6 is 0 Å². The van der Waals surface area contributed by atoms with E-state index >= 15 is 0 Å². The van der Waals surface area contributed by atoms with E-state index in [0.29, 0.717) is 6.41 Å². The third-order valence-electron chi connectivity index (χ3n) is 0.186. The molecule has 0 fully saturated rings. The fraction of sp³-hybridized carbons (Fsp3) is 0. The van der Waals surface area contributed by atoms with Gasteiger partial charge in [0.05, 0.1) is 0 Å². The number of hydrogen-bond acceptors (Lipinski definition) is 1. The summed E-state index contributed by atoms with van der Waals surface area (Å²) in [4.78, 5) is 9.22. The van der Waals surface area contributed by atoms with Gasteiger partial charge < -0.3 is 5.32 Å². The van der Waals surface area contributed by atoms with Gasteiger partial charge in [0, 0.05) is 0 Å². The van der Waals surface area contributed by atoms with Crippen LogP contribution in [0.1, 0.15) is 0 Å². The van der Waals surface area contributed by atoms with Crippen LogP contribution in [0.2, 0.25) is 0 Å². The summed E-state index contributed by atoms with van der Waals surface area (Å²) < 4.78 is 0. The second-order valence-corrected chi connectivity index (χ2v) is 0.489. The van der Waals surface area contributed by atoms with Crippen LogP contribution < -0.4 is 5.32 Å². The Bertz CT molecular complexity index is 40.1. The molecule has 1 N–H and O–H groups in total. The summed E-state index contributed by atoms with van der Waals surface area (Å²) in [5.41, 5.74) is 0. The number of amides is 1. The zero-order valence-electron chi connectivity index (χ0n) is 2.77. The molecule has 0 aliphatic carbocycles. The van der Waals surface area contributed by atoms with Gasteiger partial charge in [-0.15, -0.1) is 0 Å². The van der Waals surface area contributed by atoms with E-state index in [-0.39, 0.29) is 51.4 Å². The van der Waals surface area contributed by atoms with Crippen LogP contribution in [0.4, 0.5) is 0 Å². The Morgan fingerprint density at radius 2 is 2.17 bits per heavy atom. The SMILES string of the molecule is C=CNC=O.[KH]. The maximum atomic E-state index is 9.22. The molecule has 0 heterocycles. The summed E-state index contributed by atoms with van der Waals surface area (Å²) >= 11 is 0. The molecule has 0 aliphatic heterocycles. The molecule has 0 saturated heterocycles. The van der Waals surface area contributed by atoms with Crippen molar-refractivity contribution in [3.05, 3.63) is 12.8 Å². The van der Waals surface area contributed by atoms with Crippen molar-refractivity contribution in [1.29, 1.82) is 0 Å². The van der Waals surface area contributed by atoms with Gasteiger partial charge in [-0.2, -0.15) is 0 Å². The van der Waals surface area contributed by atoms with Gasteiger partial charge in [-0.05, 0) is 6.20 Å². The minimum absolute atomic E-state index is 0. The van der Waals surface area contributed by atoms with Crippen molar-refractivity contribution >= 4 is 57.8 Å². The monoisotopic (exact) mass is 111 g/mol. The van der Waals surface area contributed by atoms with Gasteiger partial charge in [0.1, 0.15) is 0 Å². The molecule has 3 heteroatoms. The van der Waals surface area contributed by atoms with Crippen LogP contribution in [0, 0.1) is 0 Å². The van der Waals surface area contributed by atoms with Crippen molar-refractivity contribution < 1.29 is 4.79 Å². The van der Waals surface area contributed by atoms with Crippen molar-refractivity contribution in [2.75, 3.05) is 0 Å². The van der Waals surface area contributed by atoms with E-state index in [0.717, 1.165) is 0 Å². The Morgan fingerprint density at radius 1 is 1.67 bits per heavy atom. The van der Waals surface area contributed by atoms with Crippen LogP contribution in [0.3, 0.4) is 0 Å². The third-order valence-corrected chi connectivity index (χ3v) is 0.186. The Balaban J connectivity index is 0. The number of rotatable bonds is 2. The van der Waals surface area contributed by atoms with Crippen molar-refractivity contribution in [2.24, 2.45) is 0 Å². The predicted octanol–water partition coefficient (Wildman–Crippen LogP) is -0.773. The standard InChI is InChI=1S/C3H5NO.K.H/c1-2-4-3-5;;/h2-3H,1H2,(H,4,5);;. The van der Waals surface area contributed by atoms with Crippen molar-refractivity contribution in [3.8, 4) is 0 Å². The fourth-order valence-corrected chi connectivity index (χ4v) is 0.0481. The van der Waals surface area contributed by atoms with Gasteiger partial charge in [-0.25, -0.2) is 0 Å². The molecule has 6 heavy (non-hydrogen) atoms. The summed E-state index contributed by atoms with van der Waals surface area (Å²) in [7, 11) is 0. The molecular weight excluding hydrogens is 105 g/mol. The van der Waals surface area contributed by atoms with Crippen LogP contribution in [-0.4, -0.2) is 57.8 Å². The van der Waals surface area contributed by atoms with Gasteiger partial charge >= 0.3 is 51.4 Å². The van der Waals surface area contributed by atoms with Crippen LogP contribution in [0.25, 0.3) is 0 Å². The molecule has 2 nitrogen and oxygen atoms in total. The summed E-state index contributed by atoms with van der Waals surface area (Å²) in [5, 5.41) is 2.19. The van der Waals surface area contributed by atoms with E-state index < -0.39 is 0 Å². The average Bonchev–Trinajstić information content (AvgIpc) is 1.41. The van der Waals surface area contributed by atoms with E-state index in [1.165, 1.54) is 6.20 Å². The van der Waals surface area contributed by atoms with Crippen LogP contribution in [-0.2, 0) is 4.79 Å². The topological polar surface area (TPSA) is 29.1 Å². The van der Waals surface area contributed by atoms with Gasteiger partial charge in [-0.1, -0.05) is 6.58 Å². The zero-order chi connectivity index (χ0) is 4.12. The van der Waals surface area contributed by atoms with Crippen molar-refractivity contribution in [3.63, 3.8) is 0 Å². The van der Waals surface area contributed by atoms with E-state index in [2.05, 4.69) is 11.9 Å². The Labute approximate surface area is 79.4 Å². The van der Waals surface area contributed by atoms with E-state index in [1.807, 2.05) is 0 Å². The molecule has 0 aromatic rings. The van der Waals surface area contributed by atoms with Crippen LogP contribution in [0.5, 0.6) is 0 Å². The quantitative estimate of drug-likeness (QED) is 0.368. The zero-order valence-corrected chi connectivity index (χ0v) is 2.77. The van der Waals surface area contributed by atoms with Gasteiger partial charge in [-0.3, -0.25) is 4.79 Å². The molecule has 0 atom stereocenters. The van der Waals surface area contributed by atoms with Gasteiger partial charge in [0.15, 0.2) is 0 Å². The first-order chi connectivity index (χ1) is 2.41. The number of nitrogens with one attached hydrogen (secondary N) is 1. The van der Waals surface area contributed by atoms with Crippen molar-refractivity contribution in [1.82, 2.24) is 5.32 Å². The molecule has 0 rings (SSSR count). The molecule has 0 unspecified atom stereocenters. The minimum atomic E-state index is 0. The first-order valence-corrected chi connectivity index (χ1v) is 1.22.